The minimum atomic E-state index is -0.297. The van der Waals surface area contributed by atoms with Gasteiger partial charge in [-0.15, -0.1) is 0 Å². The predicted molar refractivity (Wildman–Crippen MR) is 86.2 cm³/mol. The quantitative estimate of drug-likeness (QED) is 0.774. The van der Waals surface area contributed by atoms with Crippen LogP contribution in [0.5, 0.6) is 0 Å². The third-order valence-electron chi connectivity index (χ3n) is 3.28. The van der Waals surface area contributed by atoms with E-state index >= 15 is 0 Å². The van der Waals surface area contributed by atoms with Crippen LogP contribution in [-0.4, -0.2) is 25.8 Å². The van der Waals surface area contributed by atoms with Crippen molar-refractivity contribution in [2.45, 2.75) is 13.5 Å². The number of pyridine rings is 2. The zero-order valence-corrected chi connectivity index (χ0v) is 12.6. The molecule has 2 amide bonds. The van der Waals surface area contributed by atoms with Gasteiger partial charge in [-0.05, 0) is 30.7 Å². The molecule has 2 N–H and O–H groups in total. The highest BCUT2D eigenvalue weighted by Gasteiger charge is 2.06. The van der Waals surface area contributed by atoms with Crippen LogP contribution in [0.25, 0.3) is 5.82 Å². The van der Waals surface area contributed by atoms with Crippen LogP contribution in [-0.2, 0) is 6.54 Å². The van der Waals surface area contributed by atoms with E-state index in [0.717, 1.165) is 11.3 Å². The zero-order chi connectivity index (χ0) is 16.1. The van der Waals surface area contributed by atoms with Crippen LogP contribution in [0.1, 0.15) is 11.3 Å². The smallest absolute Gasteiger partial charge is 0.319 e. The number of aromatic nitrogens is 4. The molecule has 0 unspecified atom stereocenters. The van der Waals surface area contributed by atoms with Crippen LogP contribution >= 0.6 is 0 Å². The zero-order valence-electron chi connectivity index (χ0n) is 12.6. The van der Waals surface area contributed by atoms with Crippen molar-refractivity contribution >= 4 is 11.7 Å². The second-order valence-corrected chi connectivity index (χ2v) is 4.92. The second-order valence-electron chi connectivity index (χ2n) is 4.92. The monoisotopic (exact) mass is 308 g/mol. The number of aryl methyl sites for hydroxylation is 1. The minimum absolute atomic E-state index is 0.297. The van der Waals surface area contributed by atoms with Crippen molar-refractivity contribution in [3.63, 3.8) is 0 Å². The number of hydrogen-bond acceptors (Lipinski definition) is 4. The van der Waals surface area contributed by atoms with Crippen molar-refractivity contribution < 1.29 is 4.79 Å². The summed E-state index contributed by atoms with van der Waals surface area (Å²) in [5.74, 6) is 0.687. The Morgan fingerprint density at radius 1 is 1.17 bits per heavy atom. The Morgan fingerprint density at radius 2 is 2.04 bits per heavy atom. The molecule has 0 saturated carbocycles. The Bertz CT molecular complexity index is 799. The average molecular weight is 308 g/mol. The van der Waals surface area contributed by atoms with Gasteiger partial charge in [-0.25, -0.2) is 14.5 Å². The van der Waals surface area contributed by atoms with Gasteiger partial charge < -0.3 is 10.6 Å². The van der Waals surface area contributed by atoms with Gasteiger partial charge in [0.05, 0.1) is 18.1 Å². The van der Waals surface area contributed by atoms with E-state index in [4.69, 9.17) is 0 Å². The molecule has 3 heterocycles. The van der Waals surface area contributed by atoms with E-state index in [9.17, 15) is 4.79 Å². The Morgan fingerprint density at radius 3 is 2.83 bits per heavy atom. The van der Waals surface area contributed by atoms with E-state index in [1.54, 1.807) is 29.5 Å². The summed E-state index contributed by atoms with van der Waals surface area (Å²) in [6.45, 7) is 2.33. The van der Waals surface area contributed by atoms with E-state index in [-0.39, 0.29) is 6.03 Å². The minimum Gasteiger partial charge on any atom is -0.334 e. The lowest BCUT2D eigenvalue weighted by Crippen LogP contribution is -2.28. The lowest BCUT2D eigenvalue weighted by Gasteiger charge is -2.07. The van der Waals surface area contributed by atoms with Gasteiger partial charge in [-0.3, -0.25) is 4.98 Å². The summed E-state index contributed by atoms with van der Waals surface area (Å²) in [6, 6.07) is 9.02. The van der Waals surface area contributed by atoms with Gasteiger partial charge in [0.2, 0.25) is 0 Å². The lowest BCUT2D eigenvalue weighted by molar-refractivity contribution is 0.251. The van der Waals surface area contributed by atoms with Gasteiger partial charge in [0.15, 0.2) is 5.82 Å². The SMILES string of the molecule is Cc1ncccc1CNC(=O)Nc1cnn(-c2ccccn2)c1. The number of amides is 2. The Hall–Kier alpha value is -3.22. The van der Waals surface area contributed by atoms with Crippen LogP contribution in [0.3, 0.4) is 0 Å². The summed E-state index contributed by atoms with van der Waals surface area (Å²) in [7, 11) is 0. The molecule has 3 aromatic rings. The highest BCUT2D eigenvalue weighted by atomic mass is 16.2. The van der Waals surface area contributed by atoms with Crippen molar-refractivity contribution in [3.8, 4) is 5.82 Å². The van der Waals surface area contributed by atoms with Crippen molar-refractivity contribution in [1.29, 1.82) is 0 Å². The highest BCUT2D eigenvalue weighted by Crippen LogP contribution is 2.09. The number of rotatable bonds is 4. The first-order valence-corrected chi connectivity index (χ1v) is 7.14. The number of anilines is 1. The maximum atomic E-state index is 11.9. The Kier molecular flexibility index (Phi) is 4.28. The van der Waals surface area contributed by atoms with Crippen molar-refractivity contribution in [2.75, 3.05) is 5.32 Å². The Labute approximate surface area is 133 Å². The average Bonchev–Trinajstić information content (AvgIpc) is 3.03. The molecule has 0 radical (unpaired) electrons. The van der Waals surface area contributed by atoms with Crippen LogP contribution in [0.15, 0.2) is 55.1 Å². The summed E-state index contributed by atoms with van der Waals surface area (Å²) in [5, 5.41) is 9.71. The number of hydrogen-bond donors (Lipinski definition) is 2. The molecule has 3 rings (SSSR count). The van der Waals surface area contributed by atoms with Crippen LogP contribution in [0, 0.1) is 6.92 Å². The molecule has 0 spiro atoms. The molecule has 0 aliphatic carbocycles. The fourth-order valence-corrected chi connectivity index (χ4v) is 2.06. The van der Waals surface area contributed by atoms with Crippen LogP contribution < -0.4 is 10.6 Å². The summed E-state index contributed by atoms with van der Waals surface area (Å²) < 4.78 is 1.60. The molecule has 0 aliphatic rings. The van der Waals surface area contributed by atoms with E-state index < -0.39 is 0 Å². The molecular weight excluding hydrogens is 292 g/mol. The standard InChI is InChI=1S/C16H16N6O/c1-12-13(5-4-8-17-12)9-19-16(23)21-14-10-20-22(11-14)15-6-2-3-7-18-15/h2-8,10-11H,9H2,1H3,(H2,19,21,23). The highest BCUT2D eigenvalue weighted by molar-refractivity contribution is 5.88. The number of nitrogens with one attached hydrogen (secondary N) is 2. The van der Waals surface area contributed by atoms with Crippen molar-refractivity contribution in [3.05, 3.63) is 66.4 Å². The van der Waals surface area contributed by atoms with Crippen molar-refractivity contribution in [1.82, 2.24) is 25.1 Å². The topological polar surface area (TPSA) is 84.7 Å². The van der Waals surface area contributed by atoms with Crippen LogP contribution in [0.4, 0.5) is 10.5 Å². The van der Waals surface area contributed by atoms with Gasteiger partial charge in [0.1, 0.15) is 0 Å². The third-order valence-corrected chi connectivity index (χ3v) is 3.28. The van der Waals surface area contributed by atoms with Gasteiger partial charge in [0, 0.05) is 24.6 Å². The van der Waals surface area contributed by atoms with Gasteiger partial charge >= 0.3 is 6.03 Å². The molecule has 7 heteroatoms. The van der Waals surface area contributed by atoms with E-state index in [1.807, 2.05) is 37.3 Å². The molecule has 23 heavy (non-hydrogen) atoms. The molecule has 0 atom stereocenters. The molecule has 0 aromatic carbocycles. The normalized spacial score (nSPS) is 10.3. The third kappa shape index (κ3) is 3.70. The number of carbonyl (C=O) groups excluding carboxylic acids is 1. The lowest BCUT2D eigenvalue weighted by atomic mass is 10.2. The summed E-state index contributed by atoms with van der Waals surface area (Å²) in [4.78, 5) is 20.3. The second kappa shape index (κ2) is 6.69. The molecule has 0 aliphatic heterocycles. The fourth-order valence-electron chi connectivity index (χ4n) is 2.06. The largest absolute Gasteiger partial charge is 0.334 e. The molecule has 116 valence electrons. The number of nitrogens with zero attached hydrogens (tertiary/aromatic N) is 4. The van der Waals surface area contributed by atoms with Gasteiger partial charge in [0.25, 0.3) is 0 Å². The maximum absolute atomic E-state index is 11.9. The fraction of sp³-hybridized carbons (Fsp3) is 0.125. The first kappa shape index (κ1) is 14.7. The molecular formula is C16H16N6O. The molecule has 3 aromatic heterocycles. The maximum Gasteiger partial charge on any atom is 0.319 e. The number of carbonyl (C=O) groups is 1. The summed E-state index contributed by atoms with van der Waals surface area (Å²) in [5.41, 5.74) is 2.47. The predicted octanol–water partition coefficient (Wildman–Crippen LogP) is 2.29. The Balaban J connectivity index is 1.58. The van der Waals surface area contributed by atoms with E-state index in [0.29, 0.717) is 18.1 Å². The first-order chi connectivity index (χ1) is 11.2. The molecule has 7 nitrogen and oxygen atoms in total. The molecule has 0 saturated heterocycles. The van der Waals surface area contributed by atoms with Crippen LogP contribution in [0.2, 0.25) is 0 Å². The van der Waals surface area contributed by atoms with E-state index in [2.05, 4.69) is 25.7 Å². The van der Waals surface area contributed by atoms with Crippen molar-refractivity contribution in [2.24, 2.45) is 0 Å². The molecule has 0 fully saturated rings. The summed E-state index contributed by atoms with van der Waals surface area (Å²) >= 11 is 0. The number of urea groups is 1. The van der Waals surface area contributed by atoms with Gasteiger partial charge in [-0.2, -0.15) is 5.10 Å². The van der Waals surface area contributed by atoms with E-state index in [1.165, 1.54) is 0 Å². The molecule has 0 bridgehead atoms. The van der Waals surface area contributed by atoms with Gasteiger partial charge in [-0.1, -0.05) is 12.1 Å². The summed E-state index contributed by atoms with van der Waals surface area (Å²) in [6.07, 6.45) is 6.69. The first-order valence-electron chi connectivity index (χ1n) is 7.14.